The van der Waals surface area contributed by atoms with Gasteiger partial charge in [0, 0.05) is 0 Å². The molecule has 0 saturated carbocycles. The Bertz CT molecular complexity index is 678. The molecule has 7 heteroatoms. The molecule has 0 aromatic heterocycles. The topological polar surface area (TPSA) is 46.5 Å². The predicted octanol–water partition coefficient (Wildman–Crippen LogP) is 4.02. The number of hydrogen-bond donors (Lipinski definition) is 1. The Labute approximate surface area is 122 Å². The Hall–Kier alpha value is -2.57. The first-order chi connectivity index (χ1) is 10.2. The molecular formula is C15H10F4O3. The van der Waals surface area contributed by atoms with Crippen LogP contribution in [0, 0.1) is 5.82 Å². The molecule has 0 bridgehead atoms. The third-order valence-electron chi connectivity index (χ3n) is 2.73. The first-order valence-electron chi connectivity index (χ1n) is 6.10. The van der Waals surface area contributed by atoms with Gasteiger partial charge in [-0.25, -0.2) is 4.39 Å². The number of halogens is 4. The molecule has 0 aliphatic heterocycles. The van der Waals surface area contributed by atoms with E-state index in [0.29, 0.717) is 11.1 Å². The summed E-state index contributed by atoms with van der Waals surface area (Å²) in [7, 11) is 0. The van der Waals surface area contributed by atoms with Crippen LogP contribution in [0.5, 0.6) is 5.75 Å². The minimum Gasteiger partial charge on any atom is -0.481 e. The van der Waals surface area contributed by atoms with Crippen LogP contribution in [-0.2, 0) is 11.2 Å². The smallest absolute Gasteiger partial charge is 0.481 e. The molecular weight excluding hydrogens is 304 g/mol. The van der Waals surface area contributed by atoms with Crippen LogP contribution < -0.4 is 4.74 Å². The second-order valence-electron chi connectivity index (χ2n) is 4.49. The van der Waals surface area contributed by atoms with E-state index in [-0.39, 0.29) is 12.0 Å². The maximum atomic E-state index is 13.5. The summed E-state index contributed by atoms with van der Waals surface area (Å²) in [6.07, 6.45) is -5.13. The van der Waals surface area contributed by atoms with Crippen molar-refractivity contribution in [2.75, 3.05) is 0 Å². The number of carboxylic acid groups (broad SMARTS) is 1. The van der Waals surface area contributed by atoms with E-state index >= 15 is 0 Å². The van der Waals surface area contributed by atoms with Crippen LogP contribution in [0.2, 0.25) is 0 Å². The zero-order valence-corrected chi connectivity index (χ0v) is 11.0. The lowest BCUT2D eigenvalue weighted by Crippen LogP contribution is -2.16. The van der Waals surface area contributed by atoms with Crippen LogP contribution in [0.4, 0.5) is 17.6 Å². The van der Waals surface area contributed by atoms with E-state index < -0.39 is 23.9 Å². The van der Waals surface area contributed by atoms with E-state index in [9.17, 15) is 22.4 Å². The van der Waals surface area contributed by atoms with E-state index in [2.05, 4.69) is 4.74 Å². The number of carbonyl (C=O) groups is 1. The highest BCUT2D eigenvalue weighted by atomic mass is 19.4. The number of carboxylic acids is 1. The molecule has 0 radical (unpaired) electrons. The molecule has 0 aliphatic rings. The molecule has 22 heavy (non-hydrogen) atoms. The SMILES string of the molecule is O=C(O)Cc1cc(F)cc(-c2ccc(OC(F)(F)F)cc2)c1. The van der Waals surface area contributed by atoms with E-state index in [4.69, 9.17) is 5.11 Å². The van der Waals surface area contributed by atoms with Gasteiger partial charge >= 0.3 is 12.3 Å². The molecule has 0 unspecified atom stereocenters. The molecule has 2 aromatic rings. The lowest BCUT2D eigenvalue weighted by atomic mass is 10.0. The average molecular weight is 314 g/mol. The quantitative estimate of drug-likeness (QED) is 0.867. The van der Waals surface area contributed by atoms with Crippen molar-refractivity contribution in [2.45, 2.75) is 12.8 Å². The van der Waals surface area contributed by atoms with Crippen molar-refractivity contribution in [2.24, 2.45) is 0 Å². The molecule has 0 spiro atoms. The number of ether oxygens (including phenoxy) is 1. The van der Waals surface area contributed by atoms with Gasteiger partial charge in [0.2, 0.25) is 0 Å². The van der Waals surface area contributed by atoms with Gasteiger partial charge in [-0.3, -0.25) is 4.79 Å². The molecule has 0 fully saturated rings. The fraction of sp³-hybridized carbons (Fsp3) is 0.133. The highest BCUT2D eigenvalue weighted by Crippen LogP contribution is 2.27. The second kappa shape index (κ2) is 6.05. The molecule has 2 rings (SSSR count). The lowest BCUT2D eigenvalue weighted by Gasteiger charge is -2.10. The first kappa shape index (κ1) is 15.8. The molecule has 0 atom stereocenters. The Morgan fingerprint density at radius 2 is 1.68 bits per heavy atom. The Morgan fingerprint density at radius 3 is 2.23 bits per heavy atom. The minimum absolute atomic E-state index is 0.262. The van der Waals surface area contributed by atoms with Crippen molar-refractivity contribution in [1.29, 1.82) is 0 Å². The van der Waals surface area contributed by atoms with Crippen molar-refractivity contribution in [3.63, 3.8) is 0 Å². The molecule has 2 aromatic carbocycles. The molecule has 0 heterocycles. The number of rotatable bonds is 4. The van der Waals surface area contributed by atoms with Crippen molar-refractivity contribution in [3.8, 4) is 16.9 Å². The van der Waals surface area contributed by atoms with Gasteiger partial charge in [-0.05, 0) is 41.0 Å². The summed E-state index contributed by atoms with van der Waals surface area (Å²) in [4.78, 5) is 10.7. The molecule has 0 saturated heterocycles. The zero-order chi connectivity index (χ0) is 16.3. The Morgan fingerprint density at radius 1 is 1.05 bits per heavy atom. The molecule has 0 aliphatic carbocycles. The summed E-state index contributed by atoms with van der Waals surface area (Å²) < 4.78 is 53.4. The van der Waals surface area contributed by atoms with Gasteiger partial charge in [0.15, 0.2) is 0 Å². The zero-order valence-electron chi connectivity index (χ0n) is 11.0. The van der Waals surface area contributed by atoms with E-state index in [0.717, 1.165) is 18.2 Å². The summed E-state index contributed by atoms with van der Waals surface area (Å²) in [5, 5.41) is 8.72. The fourth-order valence-electron chi connectivity index (χ4n) is 1.94. The van der Waals surface area contributed by atoms with Gasteiger partial charge in [-0.15, -0.1) is 13.2 Å². The van der Waals surface area contributed by atoms with Crippen LogP contribution in [-0.4, -0.2) is 17.4 Å². The maximum absolute atomic E-state index is 13.5. The first-order valence-corrected chi connectivity index (χ1v) is 6.10. The number of benzene rings is 2. The van der Waals surface area contributed by atoms with Crippen LogP contribution in [0.15, 0.2) is 42.5 Å². The normalized spacial score (nSPS) is 11.3. The van der Waals surface area contributed by atoms with E-state index in [1.54, 1.807) is 0 Å². The summed E-state index contributed by atoms with van der Waals surface area (Å²) in [5.41, 5.74) is 1.08. The fourth-order valence-corrected chi connectivity index (χ4v) is 1.94. The Balaban J connectivity index is 2.28. The monoisotopic (exact) mass is 314 g/mol. The van der Waals surface area contributed by atoms with E-state index in [1.807, 2.05) is 0 Å². The van der Waals surface area contributed by atoms with Crippen LogP contribution in [0.3, 0.4) is 0 Å². The highest BCUT2D eigenvalue weighted by molar-refractivity contribution is 5.72. The molecule has 116 valence electrons. The highest BCUT2D eigenvalue weighted by Gasteiger charge is 2.30. The molecule has 0 amide bonds. The number of alkyl halides is 3. The van der Waals surface area contributed by atoms with Crippen molar-refractivity contribution < 1.29 is 32.2 Å². The Kier molecular flexibility index (Phi) is 4.35. The molecule has 1 N–H and O–H groups in total. The molecule has 3 nitrogen and oxygen atoms in total. The van der Waals surface area contributed by atoms with Crippen molar-refractivity contribution in [1.82, 2.24) is 0 Å². The van der Waals surface area contributed by atoms with Gasteiger partial charge in [0.1, 0.15) is 11.6 Å². The summed E-state index contributed by atoms with van der Waals surface area (Å²) >= 11 is 0. The van der Waals surface area contributed by atoms with Gasteiger partial charge in [0.05, 0.1) is 6.42 Å². The average Bonchev–Trinajstić information content (AvgIpc) is 2.36. The maximum Gasteiger partial charge on any atom is 0.573 e. The third-order valence-corrected chi connectivity index (χ3v) is 2.73. The van der Waals surface area contributed by atoms with Crippen LogP contribution in [0.1, 0.15) is 5.56 Å². The van der Waals surface area contributed by atoms with Gasteiger partial charge < -0.3 is 9.84 Å². The second-order valence-corrected chi connectivity index (χ2v) is 4.49. The number of aliphatic carboxylic acids is 1. The number of hydrogen-bond acceptors (Lipinski definition) is 2. The summed E-state index contributed by atoms with van der Waals surface area (Å²) in [6.45, 7) is 0. The van der Waals surface area contributed by atoms with Crippen molar-refractivity contribution >= 4 is 5.97 Å². The third kappa shape index (κ3) is 4.47. The minimum atomic E-state index is -4.78. The van der Waals surface area contributed by atoms with E-state index in [1.165, 1.54) is 24.3 Å². The summed E-state index contributed by atoms with van der Waals surface area (Å²) in [5.74, 6) is -2.12. The van der Waals surface area contributed by atoms with Crippen LogP contribution in [0.25, 0.3) is 11.1 Å². The van der Waals surface area contributed by atoms with Gasteiger partial charge in [-0.1, -0.05) is 18.2 Å². The predicted molar refractivity (Wildman–Crippen MR) is 69.9 cm³/mol. The van der Waals surface area contributed by atoms with Gasteiger partial charge in [0.25, 0.3) is 0 Å². The van der Waals surface area contributed by atoms with Crippen molar-refractivity contribution in [3.05, 3.63) is 53.8 Å². The van der Waals surface area contributed by atoms with Gasteiger partial charge in [-0.2, -0.15) is 0 Å². The van der Waals surface area contributed by atoms with Crippen LogP contribution >= 0.6 is 0 Å². The lowest BCUT2D eigenvalue weighted by molar-refractivity contribution is -0.274. The summed E-state index contributed by atoms with van der Waals surface area (Å²) in [6, 6.07) is 8.61. The standard InChI is InChI=1S/C15H10F4O3/c16-12-6-9(7-14(20)21)5-11(8-12)10-1-3-13(4-2-10)22-15(17,18)19/h1-6,8H,7H2,(H,20,21). The largest absolute Gasteiger partial charge is 0.573 e.